The van der Waals surface area contributed by atoms with Gasteiger partial charge in [0.05, 0.1) is 0 Å². The summed E-state index contributed by atoms with van der Waals surface area (Å²) >= 11 is 0. The molecule has 0 spiro atoms. The van der Waals surface area contributed by atoms with E-state index >= 15 is 0 Å². The highest BCUT2D eigenvalue weighted by Crippen LogP contribution is 2.29. The minimum Gasteiger partial charge on any atom is -0.381 e. The van der Waals surface area contributed by atoms with Crippen LogP contribution in [0.5, 0.6) is 0 Å². The van der Waals surface area contributed by atoms with Gasteiger partial charge in [0.1, 0.15) is 0 Å². The summed E-state index contributed by atoms with van der Waals surface area (Å²) in [6.45, 7) is 6.64. The lowest BCUT2D eigenvalue weighted by Gasteiger charge is -2.35. The Morgan fingerprint density at radius 2 is 1.72 bits per heavy atom. The maximum atomic E-state index is 5.45. The predicted octanol–water partition coefficient (Wildman–Crippen LogP) is 3.75. The Morgan fingerprint density at radius 3 is 2.33 bits per heavy atom. The highest BCUT2D eigenvalue weighted by molar-refractivity contribution is 4.82. The lowest BCUT2D eigenvalue weighted by molar-refractivity contribution is 0.0531. The monoisotopic (exact) mass is 253 g/mol. The molecule has 0 radical (unpaired) electrons. The Labute approximate surface area is 113 Å². The van der Waals surface area contributed by atoms with E-state index in [0.717, 1.165) is 31.1 Å². The molecule has 106 valence electrons. The summed E-state index contributed by atoms with van der Waals surface area (Å²) in [6, 6.07) is 1.47. The lowest BCUT2D eigenvalue weighted by Crippen LogP contribution is -2.44. The van der Waals surface area contributed by atoms with E-state index in [1.807, 2.05) is 0 Å². The van der Waals surface area contributed by atoms with Gasteiger partial charge in [-0.2, -0.15) is 0 Å². The molecule has 0 aromatic rings. The van der Waals surface area contributed by atoms with E-state index in [-0.39, 0.29) is 0 Å². The van der Waals surface area contributed by atoms with Crippen molar-refractivity contribution in [1.82, 2.24) is 5.32 Å². The van der Waals surface area contributed by atoms with Crippen LogP contribution >= 0.6 is 0 Å². The molecule has 2 heteroatoms. The van der Waals surface area contributed by atoms with E-state index in [4.69, 9.17) is 4.74 Å². The first-order chi connectivity index (χ1) is 8.79. The summed E-state index contributed by atoms with van der Waals surface area (Å²) < 4.78 is 5.45. The van der Waals surface area contributed by atoms with Crippen molar-refractivity contribution in [3.8, 4) is 0 Å². The quantitative estimate of drug-likeness (QED) is 0.805. The molecule has 1 aliphatic heterocycles. The minimum absolute atomic E-state index is 0.682. The number of nitrogens with one attached hydrogen (secondary N) is 1. The molecule has 1 saturated heterocycles. The molecule has 0 bridgehead atoms. The van der Waals surface area contributed by atoms with Crippen molar-refractivity contribution in [3.63, 3.8) is 0 Å². The fraction of sp³-hybridized carbons (Fsp3) is 1.00. The molecule has 1 atom stereocenters. The van der Waals surface area contributed by atoms with Crippen molar-refractivity contribution in [1.29, 1.82) is 0 Å². The molecular formula is C16H31NO. The molecule has 1 heterocycles. The Bertz CT molecular complexity index is 217. The molecule has 0 amide bonds. The van der Waals surface area contributed by atoms with Crippen molar-refractivity contribution in [3.05, 3.63) is 0 Å². The van der Waals surface area contributed by atoms with E-state index in [1.54, 1.807) is 0 Å². The van der Waals surface area contributed by atoms with Gasteiger partial charge in [0.15, 0.2) is 0 Å². The molecule has 0 aromatic carbocycles. The minimum atomic E-state index is 0.682. The van der Waals surface area contributed by atoms with Gasteiger partial charge in [-0.25, -0.2) is 0 Å². The molecule has 18 heavy (non-hydrogen) atoms. The molecule has 2 aliphatic rings. The van der Waals surface area contributed by atoms with Crippen LogP contribution in [-0.4, -0.2) is 25.3 Å². The maximum Gasteiger partial charge on any atom is 0.0469 e. The highest BCUT2D eigenvalue weighted by Gasteiger charge is 2.25. The fourth-order valence-electron chi connectivity index (χ4n) is 3.75. The van der Waals surface area contributed by atoms with Gasteiger partial charge in [-0.1, -0.05) is 19.8 Å². The van der Waals surface area contributed by atoms with Crippen LogP contribution in [0.2, 0.25) is 0 Å². The van der Waals surface area contributed by atoms with Crippen LogP contribution in [0.4, 0.5) is 0 Å². The number of rotatable bonds is 5. The van der Waals surface area contributed by atoms with Crippen LogP contribution in [0.3, 0.4) is 0 Å². The zero-order chi connectivity index (χ0) is 12.8. The smallest absolute Gasteiger partial charge is 0.0469 e. The Kier molecular flexibility index (Phi) is 5.97. The largest absolute Gasteiger partial charge is 0.381 e. The summed E-state index contributed by atoms with van der Waals surface area (Å²) in [5.41, 5.74) is 0. The average Bonchev–Trinajstić information content (AvgIpc) is 2.42. The summed E-state index contributed by atoms with van der Waals surface area (Å²) in [5.74, 6) is 1.86. The maximum absolute atomic E-state index is 5.45. The van der Waals surface area contributed by atoms with E-state index < -0.39 is 0 Å². The van der Waals surface area contributed by atoms with Gasteiger partial charge in [0, 0.05) is 25.3 Å². The van der Waals surface area contributed by atoms with Gasteiger partial charge in [0.25, 0.3) is 0 Å². The molecule has 2 rings (SSSR count). The molecular weight excluding hydrogens is 222 g/mol. The van der Waals surface area contributed by atoms with E-state index in [0.29, 0.717) is 6.04 Å². The third-order valence-electron chi connectivity index (χ3n) is 5.02. The van der Waals surface area contributed by atoms with Crippen LogP contribution in [-0.2, 0) is 4.74 Å². The SMILES string of the molecule is CCCC1CCC(NC(C)C2CCOCC2)CC1. The summed E-state index contributed by atoms with van der Waals surface area (Å²) in [6.07, 6.45) is 11.0. The number of hydrogen-bond donors (Lipinski definition) is 1. The van der Waals surface area contributed by atoms with Crippen molar-refractivity contribution < 1.29 is 4.74 Å². The number of ether oxygens (including phenoxy) is 1. The second-order valence-electron chi connectivity index (χ2n) is 6.41. The van der Waals surface area contributed by atoms with Gasteiger partial charge in [0.2, 0.25) is 0 Å². The van der Waals surface area contributed by atoms with Gasteiger partial charge < -0.3 is 10.1 Å². The van der Waals surface area contributed by atoms with Gasteiger partial charge in [-0.05, 0) is 57.3 Å². The van der Waals surface area contributed by atoms with Crippen LogP contribution in [0.15, 0.2) is 0 Å². The standard InChI is InChI=1S/C16H31NO/c1-3-4-14-5-7-16(8-6-14)17-13(2)15-9-11-18-12-10-15/h13-17H,3-12H2,1-2H3. The van der Waals surface area contributed by atoms with Gasteiger partial charge in [-0.15, -0.1) is 0 Å². The average molecular weight is 253 g/mol. The molecule has 1 N–H and O–H groups in total. The Hall–Kier alpha value is -0.0800. The van der Waals surface area contributed by atoms with Crippen molar-refractivity contribution in [2.75, 3.05) is 13.2 Å². The lowest BCUT2D eigenvalue weighted by atomic mass is 9.82. The zero-order valence-electron chi connectivity index (χ0n) is 12.3. The molecule has 1 aliphatic carbocycles. The third-order valence-corrected chi connectivity index (χ3v) is 5.02. The van der Waals surface area contributed by atoms with Crippen LogP contribution < -0.4 is 5.32 Å². The molecule has 1 saturated carbocycles. The third kappa shape index (κ3) is 4.24. The van der Waals surface area contributed by atoms with Crippen molar-refractivity contribution in [2.45, 2.75) is 77.3 Å². The van der Waals surface area contributed by atoms with Gasteiger partial charge >= 0.3 is 0 Å². The van der Waals surface area contributed by atoms with Crippen LogP contribution in [0.1, 0.15) is 65.2 Å². The molecule has 1 unspecified atom stereocenters. The summed E-state index contributed by atoms with van der Waals surface area (Å²) in [4.78, 5) is 0. The first kappa shape index (κ1) is 14.3. The van der Waals surface area contributed by atoms with E-state index in [9.17, 15) is 0 Å². The highest BCUT2D eigenvalue weighted by atomic mass is 16.5. The Balaban J connectivity index is 1.67. The normalized spacial score (nSPS) is 32.3. The Morgan fingerprint density at radius 1 is 1.06 bits per heavy atom. The first-order valence-electron chi connectivity index (χ1n) is 8.13. The summed E-state index contributed by atoms with van der Waals surface area (Å²) in [7, 11) is 0. The molecule has 0 aromatic heterocycles. The van der Waals surface area contributed by atoms with Crippen molar-refractivity contribution >= 4 is 0 Å². The summed E-state index contributed by atoms with van der Waals surface area (Å²) in [5, 5.41) is 3.90. The molecule has 2 nitrogen and oxygen atoms in total. The molecule has 2 fully saturated rings. The fourth-order valence-corrected chi connectivity index (χ4v) is 3.75. The second kappa shape index (κ2) is 7.49. The van der Waals surface area contributed by atoms with Crippen LogP contribution in [0.25, 0.3) is 0 Å². The van der Waals surface area contributed by atoms with Crippen molar-refractivity contribution in [2.24, 2.45) is 11.8 Å². The topological polar surface area (TPSA) is 21.3 Å². The van der Waals surface area contributed by atoms with E-state index in [1.165, 1.54) is 51.4 Å². The second-order valence-corrected chi connectivity index (χ2v) is 6.41. The zero-order valence-corrected chi connectivity index (χ0v) is 12.3. The van der Waals surface area contributed by atoms with Gasteiger partial charge in [-0.3, -0.25) is 0 Å². The predicted molar refractivity (Wildman–Crippen MR) is 76.8 cm³/mol. The number of hydrogen-bond acceptors (Lipinski definition) is 2. The van der Waals surface area contributed by atoms with Crippen LogP contribution in [0, 0.1) is 11.8 Å². The first-order valence-corrected chi connectivity index (χ1v) is 8.13. The van der Waals surface area contributed by atoms with E-state index in [2.05, 4.69) is 19.2 Å².